The number of amidine groups is 1. The molecule has 0 aromatic heterocycles. The molecule has 116 valence electrons. The van der Waals surface area contributed by atoms with E-state index in [1.54, 1.807) is 6.92 Å². The maximum Gasteiger partial charge on any atom is 0.264 e. The van der Waals surface area contributed by atoms with Gasteiger partial charge >= 0.3 is 0 Å². The Morgan fingerprint density at radius 3 is 2.52 bits per heavy atom. The lowest BCUT2D eigenvalue weighted by atomic mass is 9.90. The van der Waals surface area contributed by atoms with E-state index >= 15 is 0 Å². The van der Waals surface area contributed by atoms with Gasteiger partial charge in [-0.2, -0.15) is 13.5 Å². The van der Waals surface area contributed by atoms with Gasteiger partial charge < -0.3 is 11.2 Å². The summed E-state index contributed by atoms with van der Waals surface area (Å²) >= 11 is 0. The van der Waals surface area contributed by atoms with Crippen molar-refractivity contribution in [3.63, 3.8) is 0 Å². The molecule has 0 aliphatic rings. The van der Waals surface area contributed by atoms with E-state index in [1.165, 1.54) is 0 Å². The third-order valence-electron chi connectivity index (χ3n) is 3.08. The van der Waals surface area contributed by atoms with Crippen molar-refractivity contribution in [1.82, 2.24) is 5.32 Å². The van der Waals surface area contributed by atoms with Crippen molar-refractivity contribution in [2.24, 2.45) is 16.1 Å². The van der Waals surface area contributed by atoms with Crippen molar-refractivity contribution in [2.45, 2.75) is 18.9 Å². The summed E-state index contributed by atoms with van der Waals surface area (Å²) < 4.78 is 30.1. The van der Waals surface area contributed by atoms with E-state index in [1.807, 2.05) is 30.3 Å². The first kappa shape index (κ1) is 17.2. The molecule has 1 rings (SSSR count). The maximum atomic E-state index is 10.7. The predicted octanol–water partition coefficient (Wildman–Crippen LogP) is 1.07. The fraction of sp³-hybridized carbons (Fsp3) is 0.417. The van der Waals surface area contributed by atoms with E-state index in [9.17, 15) is 8.42 Å². The van der Waals surface area contributed by atoms with Gasteiger partial charge in [-0.05, 0) is 25.5 Å². The Kier molecular flexibility index (Phi) is 5.94. The van der Waals surface area contributed by atoms with Crippen LogP contribution >= 0.6 is 0 Å². The average molecular weight is 313 g/mol. The SMILES string of the molecule is CC(NCCCS(=O)(=O)O)(/C(N=N)=N/N)c1ccccc1. The molecule has 21 heavy (non-hydrogen) atoms. The fourth-order valence-electron chi connectivity index (χ4n) is 1.94. The summed E-state index contributed by atoms with van der Waals surface area (Å²) in [6, 6.07) is 9.15. The highest BCUT2D eigenvalue weighted by Gasteiger charge is 2.32. The van der Waals surface area contributed by atoms with Crippen LogP contribution in [0.5, 0.6) is 0 Å². The molecule has 0 amide bonds. The highest BCUT2D eigenvalue weighted by atomic mass is 32.2. The van der Waals surface area contributed by atoms with Crippen LogP contribution < -0.4 is 11.2 Å². The molecule has 0 heterocycles. The Balaban J connectivity index is 2.91. The van der Waals surface area contributed by atoms with Gasteiger partial charge in [0, 0.05) is 0 Å². The standard InChI is InChI=1S/C12H19N5O3S/c1-12(11(16-13)17-14,10-6-3-2-4-7-10)15-8-5-9-21(18,19)20/h2-4,6-7,13,15H,5,8-9,14H2,1H3,(H,18,19,20)/b16-13?,17-11-. The minimum atomic E-state index is -3.99. The molecule has 0 aliphatic heterocycles. The van der Waals surface area contributed by atoms with Crippen LogP contribution in [0.3, 0.4) is 0 Å². The van der Waals surface area contributed by atoms with Crippen molar-refractivity contribution < 1.29 is 13.0 Å². The van der Waals surface area contributed by atoms with Gasteiger partial charge in [-0.3, -0.25) is 4.55 Å². The molecule has 9 heteroatoms. The van der Waals surface area contributed by atoms with Gasteiger partial charge in [-0.1, -0.05) is 30.3 Å². The summed E-state index contributed by atoms with van der Waals surface area (Å²) in [6.07, 6.45) is 0.205. The van der Waals surface area contributed by atoms with Gasteiger partial charge in [-0.25, -0.2) is 5.53 Å². The molecule has 8 nitrogen and oxygen atoms in total. The number of rotatable bonds is 7. The van der Waals surface area contributed by atoms with Gasteiger partial charge in [0.2, 0.25) is 0 Å². The summed E-state index contributed by atoms with van der Waals surface area (Å²) in [5.41, 5.74) is 7.05. The van der Waals surface area contributed by atoms with Crippen molar-refractivity contribution >= 4 is 16.0 Å². The van der Waals surface area contributed by atoms with E-state index in [4.69, 9.17) is 15.9 Å². The highest BCUT2D eigenvalue weighted by Crippen LogP contribution is 2.23. The Bertz CT molecular complexity index is 603. The molecule has 1 aromatic carbocycles. The van der Waals surface area contributed by atoms with Crippen molar-refractivity contribution in [1.29, 1.82) is 5.53 Å². The van der Waals surface area contributed by atoms with Crippen molar-refractivity contribution in [3.05, 3.63) is 35.9 Å². The minimum absolute atomic E-state index is 0.0700. The molecule has 0 radical (unpaired) electrons. The molecule has 0 saturated carbocycles. The van der Waals surface area contributed by atoms with E-state index in [0.717, 1.165) is 5.56 Å². The molecular weight excluding hydrogens is 294 g/mol. The third-order valence-corrected chi connectivity index (χ3v) is 3.89. The number of hydrazone groups is 1. The summed E-state index contributed by atoms with van der Waals surface area (Å²) in [5, 5.41) is 9.93. The Morgan fingerprint density at radius 1 is 1.43 bits per heavy atom. The molecule has 0 fully saturated rings. The lowest BCUT2D eigenvalue weighted by molar-refractivity contribution is 0.461. The van der Waals surface area contributed by atoms with E-state index in [-0.39, 0.29) is 24.6 Å². The molecule has 5 N–H and O–H groups in total. The minimum Gasteiger partial charge on any atom is -0.321 e. The average Bonchev–Trinajstić information content (AvgIpc) is 2.45. The van der Waals surface area contributed by atoms with Gasteiger partial charge in [0.05, 0.1) is 5.75 Å². The van der Waals surface area contributed by atoms with Gasteiger partial charge in [-0.15, -0.1) is 5.11 Å². The second-order valence-corrected chi connectivity index (χ2v) is 6.19. The first-order chi connectivity index (χ1) is 9.83. The van der Waals surface area contributed by atoms with Crippen LogP contribution in [0.1, 0.15) is 18.9 Å². The molecule has 1 atom stereocenters. The molecule has 0 saturated heterocycles. The van der Waals surface area contributed by atoms with E-state index in [0.29, 0.717) is 0 Å². The number of nitrogens with one attached hydrogen (secondary N) is 2. The first-order valence-corrected chi connectivity index (χ1v) is 7.86. The topological polar surface area (TPSA) is 141 Å². The van der Waals surface area contributed by atoms with Gasteiger partial charge in [0.1, 0.15) is 5.54 Å². The zero-order chi connectivity index (χ0) is 15.9. The van der Waals surface area contributed by atoms with E-state index in [2.05, 4.69) is 15.5 Å². The largest absolute Gasteiger partial charge is 0.321 e. The lowest BCUT2D eigenvalue weighted by Crippen LogP contribution is -2.47. The van der Waals surface area contributed by atoms with Crippen LogP contribution in [0.25, 0.3) is 0 Å². The Hall–Kier alpha value is -1.84. The summed E-state index contributed by atoms with van der Waals surface area (Å²) in [5.74, 6) is 5.00. The molecule has 0 aliphatic carbocycles. The highest BCUT2D eigenvalue weighted by molar-refractivity contribution is 7.85. The van der Waals surface area contributed by atoms with Crippen LogP contribution in [0.4, 0.5) is 0 Å². The van der Waals surface area contributed by atoms with Crippen LogP contribution in [0, 0.1) is 5.53 Å². The summed E-state index contributed by atoms with van der Waals surface area (Å²) in [7, 11) is -3.99. The fourth-order valence-corrected chi connectivity index (χ4v) is 2.45. The molecular formula is C12H19N5O3S. The Morgan fingerprint density at radius 2 is 2.05 bits per heavy atom. The lowest BCUT2D eigenvalue weighted by Gasteiger charge is -2.29. The Labute approximate surface area is 123 Å². The second-order valence-electron chi connectivity index (χ2n) is 4.62. The quantitative estimate of drug-likeness (QED) is 0.113. The number of nitrogens with zero attached hydrogens (tertiary/aromatic N) is 2. The molecule has 0 bridgehead atoms. The predicted molar refractivity (Wildman–Crippen MR) is 79.6 cm³/mol. The number of benzene rings is 1. The smallest absolute Gasteiger partial charge is 0.264 e. The monoisotopic (exact) mass is 313 g/mol. The molecule has 1 unspecified atom stereocenters. The normalized spacial score (nSPS) is 15.4. The van der Waals surface area contributed by atoms with Crippen LogP contribution in [-0.4, -0.2) is 31.1 Å². The number of hydrogen-bond donors (Lipinski definition) is 4. The van der Waals surface area contributed by atoms with Crippen molar-refractivity contribution in [2.75, 3.05) is 12.3 Å². The van der Waals surface area contributed by atoms with Gasteiger partial charge in [0.25, 0.3) is 10.1 Å². The maximum absolute atomic E-state index is 10.7. The third kappa shape index (κ3) is 4.88. The number of hydrogen-bond acceptors (Lipinski definition) is 6. The van der Waals surface area contributed by atoms with E-state index < -0.39 is 15.7 Å². The van der Waals surface area contributed by atoms with Gasteiger partial charge in [0.15, 0.2) is 5.84 Å². The summed E-state index contributed by atoms with van der Waals surface area (Å²) in [6.45, 7) is 2.03. The van der Waals surface area contributed by atoms with Crippen LogP contribution in [0.2, 0.25) is 0 Å². The first-order valence-electron chi connectivity index (χ1n) is 6.25. The van der Waals surface area contributed by atoms with Crippen molar-refractivity contribution in [3.8, 4) is 0 Å². The molecule has 0 spiro atoms. The van der Waals surface area contributed by atoms with Crippen LogP contribution in [-0.2, 0) is 15.7 Å². The zero-order valence-corrected chi connectivity index (χ0v) is 12.5. The summed E-state index contributed by atoms with van der Waals surface area (Å²) in [4.78, 5) is 0. The van der Waals surface area contributed by atoms with Crippen LogP contribution in [0.15, 0.2) is 40.5 Å². The molecule has 1 aromatic rings. The zero-order valence-electron chi connectivity index (χ0n) is 11.7. The second kappa shape index (κ2) is 7.25. The number of nitrogens with two attached hydrogens (primary N) is 1.